The quantitative estimate of drug-likeness (QED) is 0.595. The summed E-state index contributed by atoms with van der Waals surface area (Å²) in [5.41, 5.74) is -0.598. The normalized spacial score (nSPS) is 10.7. The van der Waals surface area contributed by atoms with Crippen LogP contribution in [0.15, 0.2) is 18.3 Å². The van der Waals surface area contributed by atoms with Crippen molar-refractivity contribution >= 4 is 11.9 Å². The minimum absolute atomic E-state index is 0.0837. The molecule has 0 saturated heterocycles. The van der Waals surface area contributed by atoms with Crippen LogP contribution in [0.1, 0.15) is 40.5 Å². The van der Waals surface area contributed by atoms with Gasteiger partial charge in [-0.2, -0.15) is 0 Å². The molecule has 120 valence electrons. The zero-order valence-corrected chi connectivity index (χ0v) is 13.8. The molecule has 0 N–H and O–H groups in total. The number of ether oxygens (including phenoxy) is 2. The number of pyridine rings is 1. The molecular formula is C17H24N2O3. The fraction of sp³-hybridized carbons (Fsp3) is 0.529. The number of unbranched alkanes of at least 4 members (excludes halogenated alkanes) is 1. The molecule has 1 aromatic heterocycles. The molecule has 0 aliphatic heterocycles. The Morgan fingerprint density at radius 1 is 1.45 bits per heavy atom. The van der Waals surface area contributed by atoms with Crippen molar-refractivity contribution in [3.05, 3.63) is 18.3 Å². The first kappa shape index (κ1) is 17.8. The van der Waals surface area contributed by atoms with E-state index in [-0.39, 0.29) is 6.54 Å². The average molecular weight is 304 g/mol. The van der Waals surface area contributed by atoms with Gasteiger partial charge in [0, 0.05) is 12.3 Å². The van der Waals surface area contributed by atoms with Crippen LogP contribution in [0.5, 0.6) is 5.75 Å². The van der Waals surface area contributed by atoms with Gasteiger partial charge >= 0.3 is 6.09 Å². The number of carbonyl (C=O) groups excluding carboxylic acids is 1. The maximum atomic E-state index is 12.2. The smallest absolute Gasteiger partial charge is 0.416 e. The zero-order chi connectivity index (χ0) is 16.6. The first-order valence-electron chi connectivity index (χ1n) is 7.40. The van der Waals surface area contributed by atoms with Crippen LogP contribution in [-0.2, 0) is 4.74 Å². The maximum absolute atomic E-state index is 12.2. The van der Waals surface area contributed by atoms with E-state index in [0.29, 0.717) is 18.2 Å². The third kappa shape index (κ3) is 6.04. The van der Waals surface area contributed by atoms with Gasteiger partial charge in [0.1, 0.15) is 17.2 Å². The number of rotatable bonds is 6. The predicted octanol–water partition coefficient (Wildman–Crippen LogP) is 3.64. The van der Waals surface area contributed by atoms with E-state index in [1.54, 1.807) is 39.1 Å². The summed E-state index contributed by atoms with van der Waals surface area (Å²) in [7, 11) is 0. The summed E-state index contributed by atoms with van der Waals surface area (Å²) >= 11 is 0. The molecule has 0 radical (unpaired) electrons. The number of amides is 1. The summed E-state index contributed by atoms with van der Waals surface area (Å²) in [4.78, 5) is 17.8. The van der Waals surface area contributed by atoms with Gasteiger partial charge in [-0.15, -0.1) is 6.42 Å². The molecule has 22 heavy (non-hydrogen) atoms. The second-order valence-electron chi connectivity index (χ2n) is 5.82. The van der Waals surface area contributed by atoms with Gasteiger partial charge < -0.3 is 9.47 Å². The van der Waals surface area contributed by atoms with Crippen LogP contribution in [0, 0.1) is 12.3 Å². The molecular weight excluding hydrogens is 280 g/mol. The Morgan fingerprint density at radius 2 is 2.18 bits per heavy atom. The summed E-state index contributed by atoms with van der Waals surface area (Å²) in [6.07, 6.45) is 8.43. The molecule has 0 aliphatic carbocycles. The van der Waals surface area contributed by atoms with Gasteiger partial charge in [-0.1, -0.05) is 19.3 Å². The number of carbonyl (C=O) groups is 1. The molecule has 1 rings (SSSR count). The van der Waals surface area contributed by atoms with Crippen LogP contribution in [0.3, 0.4) is 0 Å². The Morgan fingerprint density at radius 3 is 2.77 bits per heavy atom. The third-order valence-corrected chi connectivity index (χ3v) is 2.62. The summed E-state index contributed by atoms with van der Waals surface area (Å²) in [6, 6.07) is 3.44. The molecule has 1 amide bonds. The molecule has 0 bridgehead atoms. The molecule has 1 heterocycles. The average Bonchev–Trinajstić information content (AvgIpc) is 2.43. The van der Waals surface area contributed by atoms with Gasteiger partial charge in [-0.25, -0.2) is 14.7 Å². The van der Waals surface area contributed by atoms with Crippen LogP contribution < -0.4 is 9.64 Å². The van der Waals surface area contributed by atoms with Gasteiger partial charge in [0.25, 0.3) is 0 Å². The van der Waals surface area contributed by atoms with Gasteiger partial charge in [0.2, 0.25) is 0 Å². The van der Waals surface area contributed by atoms with E-state index < -0.39 is 11.7 Å². The number of nitrogens with zero attached hydrogens (tertiary/aromatic N) is 2. The number of aromatic nitrogens is 1. The summed E-state index contributed by atoms with van der Waals surface area (Å²) < 4.78 is 11.0. The third-order valence-electron chi connectivity index (χ3n) is 2.62. The van der Waals surface area contributed by atoms with Crippen LogP contribution >= 0.6 is 0 Å². The lowest BCUT2D eigenvalue weighted by Gasteiger charge is -2.25. The van der Waals surface area contributed by atoms with Crippen LogP contribution in [0.25, 0.3) is 0 Å². The molecule has 1 aromatic rings. The predicted molar refractivity (Wildman–Crippen MR) is 87.1 cm³/mol. The van der Waals surface area contributed by atoms with E-state index in [1.165, 1.54) is 4.90 Å². The highest BCUT2D eigenvalue weighted by Crippen LogP contribution is 2.20. The lowest BCUT2D eigenvalue weighted by Crippen LogP contribution is -2.37. The molecule has 5 heteroatoms. The fourth-order valence-electron chi connectivity index (χ4n) is 1.62. The molecule has 0 saturated carbocycles. The van der Waals surface area contributed by atoms with Gasteiger partial charge in [-0.3, -0.25) is 0 Å². The van der Waals surface area contributed by atoms with Crippen molar-refractivity contribution in [2.75, 3.05) is 18.1 Å². The van der Waals surface area contributed by atoms with Crippen LogP contribution in [-0.4, -0.2) is 29.8 Å². The Labute approximate surface area is 132 Å². The Kier molecular flexibility index (Phi) is 6.71. The van der Waals surface area contributed by atoms with Crippen LogP contribution in [0.4, 0.5) is 10.6 Å². The Hall–Kier alpha value is -2.22. The molecule has 0 aromatic carbocycles. The zero-order valence-electron chi connectivity index (χ0n) is 13.8. The van der Waals surface area contributed by atoms with Crippen molar-refractivity contribution in [1.29, 1.82) is 0 Å². The first-order chi connectivity index (χ1) is 10.4. The van der Waals surface area contributed by atoms with Crippen molar-refractivity contribution in [2.24, 2.45) is 0 Å². The lowest BCUT2D eigenvalue weighted by atomic mass is 10.2. The topological polar surface area (TPSA) is 51.7 Å². The first-order valence-corrected chi connectivity index (χ1v) is 7.40. The number of hydrogen-bond donors (Lipinski definition) is 0. The van der Waals surface area contributed by atoms with E-state index >= 15 is 0 Å². The minimum atomic E-state index is -0.598. The van der Waals surface area contributed by atoms with Crippen molar-refractivity contribution < 1.29 is 14.3 Å². The standard InChI is InChI=1S/C17H24N2O3/c1-6-8-12-21-14-9-10-18-15(13-14)19(11-7-2)16(20)22-17(3,4)5/h2,9-10,13H,6,8,11-12H2,1,3-5H3. The van der Waals surface area contributed by atoms with E-state index in [1.807, 2.05) is 0 Å². The molecule has 0 spiro atoms. The number of terminal acetylenes is 1. The fourth-order valence-corrected chi connectivity index (χ4v) is 1.62. The second-order valence-corrected chi connectivity index (χ2v) is 5.82. The lowest BCUT2D eigenvalue weighted by molar-refractivity contribution is 0.0584. The molecule has 0 fully saturated rings. The van der Waals surface area contributed by atoms with Crippen molar-refractivity contribution in [3.63, 3.8) is 0 Å². The van der Waals surface area contributed by atoms with Crippen LogP contribution in [0.2, 0.25) is 0 Å². The highest BCUT2D eigenvalue weighted by Gasteiger charge is 2.23. The minimum Gasteiger partial charge on any atom is -0.493 e. The molecule has 0 aliphatic rings. The van der Waals surface area contributed by atoms with Crippen molar-refractivity contribution in [2.45, 2.75) is 46.1 Å². The monoisotopic (exact) mass is 304 g/mol. The molecule has 0 unspecified atom stereocenters. The summed E-state index contributed by atoms with van der Waals surface area (Å²) in [5.74, 6) is 3.52. The van der Waals surface area contributed by atoms with E-state index in [9.17, 15) is 4.79 Å². The van der Waals surface area contributed by atoms with Gasteiger partial charge in [0.05, 0.1) is 13.2 Å². The van der Waals surface area contributed by atoms with E-state index in [2.05, 4.69) is 17.8 Å². The number of hydrogen-bond acceptors (Lipinski definition) is 4. The Bertz CT molecular complexity index is 529. The van der Waals surface area contributed by atoms with Gasteiger partial charge in [-0.05, 0) is 33.3 Å². The SMILES string of the molecule is C#CCN(C(=O)OC(C)(C)C)c1cc(OCCCC)ccn1. The molecule has 0 atom stereocenters. The largest absolute Gasteiger partial charge is 0.493 e. The van der Waals surface area contributed by atoms with Crippen molar-refractivity contribution in [1.82, 2.24) is 4.98 Å². The maximum Gasteiger partial charge on any atom is 0.416 e. The second kappa shape index (κ2) is 8.28. The van der Waals surface area contributed by atoms with E-state index in [0.717, 1.165) is 12.8 Å². The summed E-state index contributed by atoms with van der Waals surface area (Å²) in [6.45, 7) is 8.21. The van der Waals surface area contributed by atoms with Crippen molar-refractivity contribution in [3.8, 4) is 18.1 Å². The molecule has 5 nitrogen and oxygen atoms in total. The Balaban J connectivity index is 2.89. The highest BCUT2D eigenvalue weighted by molar-refractivity contribution is 5.87. The summed E-state index contributed by atoms with van der Waals surface area (Å²) in [5, 5.41) is 0. The van der Waals surface area contributed by atoms with Gasteiger partial charge in [0.15, 0.2) is 0 Å². The highest BCUT2D eigenvalue weighted by atomic mass is 16.6. The van der Waals surface area contributed by atoms with E-state index in [4.69, 9.17) is 15.9 Å². The number of anilines is 1.